The highest BCUT2D eigenvalue weighted by atomic mass is 16.8. The molecule has 4 rings (SSSR count). The average Bonchev–Trinajstić information content (AvgIpc) is 3.34. The van der Waals surface area contributed by atoms with Crippen LogP contribution in [0.1, 0.15) is 39.2 Å². The van der Waals surface area contributed by atoms with Gasteiger partial charge >= 0.3 is 6.16 Å². The smallest absolute Gasteiger partial charge is 0.427 e. The first kappa shape index (κ1) is 25.4. The van der Waals surface area contributed by atoms with Crippen molar-refractivity contribution in [1.82, 2.24) is 29.8 Å². The molecule has 1 aromatic carbocycles. The summed E-state index contributed by atoms with van der Waals surface area (Å²) < 4.78 is 7.02. The number of piperidine rings is 1. The molecule has 0 bridgehead atoms. The van der Waals surface area contributed by atoms with Gasteiger partial charge in [0.2, 0.25) is 0 Å². The molecular formula is C25H34N8O3. The van der Waals surface area contributed by atoms with Crippen molar-refractivity contribution in [2.45, 2.75) is 45.8 Å². The van der Waals surface area contributed by atoms with Crippen molar-refractivity contribution < 1.29 is 14.4 Å². The van der Waals surface area contributed by atoms with E-state index in [1.54, 1.807) is 22.4 Å². The molecule has 1 saturated heterocycles. The number of ether oxygens (including phenoxy) is 1. The van der Waals surface area contributed by atoms with Crippen LogP contribution < -0.4 is 10.2 Å². The van der Waals surface area contributed by atoms with Gasteiger partial charge in [-0.3, -0.25) is 0 Å². The lowest BCUT2D eigenvalue weighted by Gasteiger charge is -2.33. The molecule has 0 spiro atoms. The summed E-state index contributed by atoms with van der Waals surface area (Å²) in [6.45, 7) is 8.36. The number of nitrogens with one attached hydrogen (secondary N) is 1. The highest BCUT2D eigenvalue weighted by Gasteiger charge is 2.26. The lowest BCUT2D eigenvalue weighted by molar-refractivity contribution is -0.154. The Labute approximate surface area is 211 Å². The van der Waals surface area contributed by atoms with Gasteiger partial charge in [0.25, 0.3) is 0 Å². The van der Waals surface area contributed by atoms with Crippen LogP contribution in [0.25, 0.3) is 0 Å². The van der Waals surface area contributed by atoms with Crippen molar-refractivity contribution in [2.75, 3.05) is 36.9 Å². The number of carbonyl (C=O) groups is 1. The van der Waals surface area contributed by atoms with E-state index in [9.17, 15) is 4.79 Å². The molecule has 3 heterocycles. The molecule has 1 aliphatic rings. The van der Waals surface area contributed by atoms with Crippen LogP contribution >= 0.6 is 0 Å². The normalized spacial score (nSPS) is 14.9. The van der Waals surface area contributed by atoms with Crippen molar-refractivity contribution >= 4 is 23.5 Å². The first-order valence-electron chi connectivity index (χ1n) is 12.1. The number of aromatic nitrogens is 5. The molecule has 0 radical (unpaired) electrons. The van der Waals surface area contributed by atoms with E-state index < -0.39 is 11.8 Å². The quantitative estimate of drug-likeness (QED) is 0.463. The number of carbonyl (C=O) groups excluding carboxylic acids is 1. The van der Waals surface area contributed by atoms with Crippen molar-refractivity contribution in [1.29, 1.82) is 0 Å². The summed E-state index contributed by atoms with van der Waals surface area (Å²) in [6.07, 6.45) is 6.00. The molecule has 0 aliphatic carbocycles. The SMILES string of the molecule is CN(CC1CCN(OC(=O)OC(C)(C)C)CC1)c1cc(Nc2ccc(Cn3cncn3)cc2)ncn1. The Hall–Kier alpha value is -3.73. The van der Waals surface area contributed by atoms with E-state index in [-0.39, 0.29) is 0 Å². The highest BCUT2D eigenvalue weighted by molar-refractivity contribution is 5.60. The number of hydroxylamine groups is 2. The van der Waals surface area contributed by atoms with Gasteiger partial charge in [-0.25, -0.2) is 24.4 Å². The van der Waals surface area contributed by atoms with Crippen LogP contribution in [0.2, 0.25) is 0 Å². The molecule has 1 fully saturated rings. The molecule has 1 aliphatic heterocycles. The monoisotopic (exact) mass is 494 g/mol. The summed E-state index contributed by atoms with van der Waals surface area (Å²) in [5, 5.41) is 9.18. The van der Waals surface area contributed by atoms with Gasteiger partial charge in [-0.1, -0.05) is 12.1 Å². The molecular weight excluding hydrogens is 460 g/mol. The van der Waals surface area contributed by atoms with Gasteiger partial charge in [-0.2, -0.15) is 5.10 Å². The van der Waals surface area contributed by atoms with Crippen molar-refractivity contribution in [3.8, 4) is 0 Å². The molecule has 0 saturated carbocycles. The maximum atomic E-state index is 11.9. The molecule has 0 atom stereocenters. The fourth-order valence-electron chi connectivity index (χ4n) is 4.00. The molecule has 11 nitrogen and oxygen atoms in total. The Morgan fingerprint density at radius 1 is 1.14 bits per heavy atom. The fourth-order valence-corrected chi connectivity index (χ4v) is 4.00. The second-order valence-electron chi connectivity index (χ2n) is 9.99. The van der Waals surface area contributed by atoms with Gasteiger partial charge in [0.1, 0.15) is 36.2 Å². The van der Waals surface area contributed by atoms with Gasteiger partial charge in [0, 0.05) is 38.4 Å². The molecule has 0 amide bonds. The molecule has 1 N–H and O–H groups in total. The molecule has 192 valence electrons. The highest BCUT2D eigenvalue weighted by Crippen LogP contribution is 2.23. The van der Waals surface area contributed by atoms with Crippen LogP contribution in [-0.2, 0) is 16.1 Å². The Bertz CT molecular complexity index is 1110. The number of anilines is 3. The first-order valence-corrected chi connectivity index (χ1v) is 12.1. The standard InChI is InChI=1S/C25H34N8O3/c1-25(2,3)35-24(34)36-33-11-9-20(10-12-33)14-31(4)23-13-22(27-17-28-23)30-21-7-5-19(6-8-21)15-32-18-26-16-29-32/h5-8,13,16-18,20H,9-12,14-15H2,1-4H3,(H,27,28,30). The maximum Gasteiger partial charge on any atom is 0.528 e. The Kier molecular flexibility index (Phi) is 7.99. The zero-order valence-electron chi connectivity index (χ0n) is 21.3. The lowest BCUT2D eigenvalue weighted by Crippen LogP contribution is -2.40. The topological polar surface area (TPSA) is 111 Å². The Balaban J connectivity index is 1.25. The minimum Gasteiger partial charge on any atom is -0.427 e. The second-order valence-corrected chi connectivity index (χ2v) is 9.99. The molecule has 2 aromatic heterocycles. The Morgan fingerprint density at radius 3 is 2.56 bits per heavy atom. The third-order valence-corrected chi connectivity index (χ3v) is 5.78. The largest absolute Gasteiger partial charge is 0.528 e. The summed E-state index contributed by atoms with van der Waals surface area (Å²) in [7, 11) is 2.04. The summed E-state index contributed by atoms with van der Waals surface area (Å²) in [4.78, 5) is 32.2. The Morgan fingerprint density at radius 2 is 1.89 bits per heavy atom. The number of rotatable bonds is 8. The van der Waals surface area contributed by atoms with Crippen molar-refractivity contribution in [2.24, 2.45) is 5.92 Å². The van der Waals surface area contributed by atoms with Crippen LogP contribution in [0.15, 0.2) is 49.3 Å². The molecule has 36 heavy (non-hydrogen) atoms. The third-order valence-electron chi connectivity index (χ3n) is 5.78. The molecule has 3 aromatic rings. The van der Waals surface area contributed by atoms with Crippen LogP contribution in [-0.4, -0.2) is 68.2 Å². The number of hydrogen-bond donors (Lipinski definition) is 1. The number of nitrogens with zero attached hydrogens (tertiary/aromatic N) is 7. The summed E-state index contributed by atoms with van der Waals surface area (Å²) >= 11 is 0. The summed E-state index contributed by atoms with van der Waals surface area (Å²) in [6, 6.07) is 10.1. The minimum atomic E-state index is -0.649. The predicted octanol–water partition coefficient (Wildman–Crippen LogP) is 3.87. The van der Waals surface area contributed by atoms with Gasteiger partial charge in [0.15, 0.2) is 0 Å². The summed E-state index contributed by atoms with van der Waals surface area (Å²) in [5.74, 6) is 2.05. The van der Waals surface area contributed by atoms with Gasteiger partial charge in [-0.15, -0.1) is 5.06 Å². The van der Waals surface area contributed by atoms with Crippen molar-refractivity contribution in [3.63, 3.8) is 0 Å². The van der Waals surface area contributed by atoms with E-state index in [0.29, 0.717) is 25.6 Å². The molecule has 0 unspecified atom stereocenters. The second kappa shape index (κ2) is 11.3. The lowest BCUT2D eigenvalue weighted by atomic mass is 9.97. The number of benzene rings is 1. The first-order chi connectivity index (χ1) is 17.2. The van der Waals surface area contributed by atoms with E-state index in [2.05, 4.69) is 42.4 Å². The van der Waals surface area contributed by atoms with Crippen LogP contribution in [0.4, 0.5) is 22.1 Å². The minimum absolute atomic E-state index is 0.470. The summed E-state index contributed by atoms with van der Waals surface area (Å²) in [5.41, 5.74) is 1.52. The van der Waals surface area contributed by atoms with Gasteiger partial charge < -0.3 is 19.8 Å². The van der Waals surface area contributed by atoms with E-state index in [1.807, 2.05) is 46.0 Å². The number of hydrogen-bond acceptors (Lipinski definition) is 10. The zero-order valence-corrected chi connectivity index (χ0v) is 21.3. The van der Waals surface area contributed by atoms with E-state index in [4.69, 9.17) is 9.57 Å². The average molecular weight is 495 g/mol. The predicted molar refractivity (Wildman–Crippen MR) is 136 cm³/mol. The van der Waals surface area contributed by atoms with E-state index in [1.165, 1.54) is 6.33 Å². The van der Waals surface area contributed by atoms with E-state index in [0.717, 1.165) is 42.3 Å². The van der Waals surface area contributed by atoms with Crippen LogP contribution in [0.5, 0.6) is 0 Å². The molecule has 11 heteroatoms. The van der Waals surface area contributed by atoms with Crippen LogP contribution in [0, 0.1) is 5.92 Å². The van der Waals surface area contributed by atoms with Gasteiger partial charge in [-0.05, 0) is 57.2 Å². The fraction of sp³-hybridized carbons (Fsp3) is 0.480. The zero-order chi connectivity index (χ0) is 25.5. The van der Waals surface area contributed by atoms with Crippen LogP contribution in [0.3, 0.4) is 0 Å². The third kappa shape index (κ3) is 7.64. The van der Waals surface area contributed by atoms with Gasteiger partial charge in [0.05, 0.1) is 6.54 Å². The van der Waals surface area contributed by atoms with Crippen molar-refractivity contribution in [3.05, 3.63) is 54.9 Å². The maximum absolute atomic E-state index is 11.9. The van der Waals surface area contributed by atoms with E-state index >= 15 is 0 Å².